The monoisotopic (exact) mass is 443 g/mol. The smallest absolute Gasteiger partial charge is 0.228 e. The van der Waals surface area contributed by atoms with Crippen molar-refractivity contribution >= 4 is 21.8 Å². The molecule has 2 aromatic rings. The zero-order valence-corrected chi connectivity index (χ0v) is 17.5. The first-order chi connectivity index (χ1) is 13.7. The van der Waals surface area contributed by atoms with Crippen LogP contribution in [0.15, 0.2) is 53.1 Å². The molecule has 1 aromatic carbocycles. The molecule has 2 aliphatic rings. The van der Waals surface area contributed by atoms with Crippen molar-refractivity contribution in [2.45, 2.75) is 37.3 Å². The maximum Gasteiger partial charge on any atom is 0.228 e. The van der Waals surface area contributed by atoms with E-state index >= 15 is 0 Å². The van der Waals surface area contributed by atoms with Crippen molar-refractivity contribution < 1.29 is 9.90 Å². The van der Waals surface area contributed by atoms with Crippen LogP contribution in [0.4, 0.5) is 0 Å². The molecule has 0 unspecified atom stereocenters. The fraction of sp³-hybridized carbons (Fsp3) is 0.455. The van der Waals surface area contributed by atoms with Gasteiger partial charge in [-0.05, 0) is 49.2 Å². The number of hydrogen-bond acceptors (Lipinski definition) is 4. The van der Waals surface area contributed by atoms with Gasteiger partial charge in [-0.2, -0.15) is 0 Å². The van der Waals surface area contributed by atoms with Crippen LogP contribution in [0.2, 0.25) is 0 Å². The molecule has 3 atom stereocenters. The Kier molecular flexibility index (Phi) is 6.09. The summed E-state index contributed by atoms with van der Waals surface area (Å²) in [7, 11) is 0. The van der Waals surface area contributed by atoms with E-state index in [-0.39, 0.29) is 30.5 Å². The van der Waals surface area contributed by atoms with E-state index in [2.05, 4.69) is 50.1 Å². The number of benzene rings is 1. The van der Waals surface area contributed by atoms with E-state index in [4.69, 9.17) is 0 Å². The van der Waals surface area contributed by atoms with E-state index in [0.717, 1.165) is 36.1 Å². The number of nitrogens with zero attached hydrogens (tertiary/aromatic N) is 3. The second kappa shape index (κ2) is 8.72. The minimum atomic E-state index is 0.136. The molecule has 0 saturated carbocycles. The standard InChI is InChI=1S/C22H26BrN3O2/c23-17-8-6-16(7-9-17)22-19-14-25(11-3-4-12-26(19)20(22)15-27)21(28)13-18-5-1-2-10-24-18/h1-2,5-10,19-20,22,27H,3-4,11-15H2/t19-,20+,22+/m0/s1. The van der Waals surface area contributed by atoms with Gasteiger partial charge in [0.25, 0.3) is 0 Å². The molecule has 0 bridgehead atoms. The van der Waals surface area contributed by atoms with Gasteiger partial charge in [0.15, 0.2) is 0 Å². The number of rotatable bonds is 4. The molecule has 28 heavy (non-hydrogen) atoms. The molecule has 2 aliphatic heterocycles. The van der Waals surface area contributed by atoms with E-state index in [1.54, 1.807) is 6.20 Å². The number of aromatic nitrogens is 1. The van der Waals surface area contributed by atoms with Crippen LogP contribution >= 0.6 is 15.9 Å². The molecule has 5 nitrogen and oxygen atoms in total. The lowest BCUT2D eigenvalue weighted by molar-refractivity contribution is -0.135. The molecule has 1 aromatic heterocycles. The van der Waals surface area contributed by atoms with Gasteiger partial charge in [0.1, 0.15) is 0 Å². The summed E-state index contributed by atoms with van der Waals surface area (Å²) in [5.74, 6) is 0.393. The van der Waals surface area contributed by atoms with E-state index in [1.807, 2.05) is 23.1 Å². The normalized spacial score (nSPS) is 25.4. The van der Waals surface area contributed by atoms with Crippen molar-refractivity contribution in [2.24, 2.45) is 0 Å². The number of pyridine rings is 1. The molecule has 0 spiro atoms. The minimum absolute atomic E-state index is 0.136. The van der Waals surface area contributed by atoms with Gasteiger partial charge in [-0.15, -0.1) is 0 Å². The van der Waals surface area contributed by atoms with Gasteiger partial charge in [-0.25, -0.2) is 0 Å². The number of aliphatic hydroxyl groups excluding tert-OH is 1. The number of hydrogen-bond donors (Lipinski definition) is 1. The Morgan fingerprint density at radius 1 is 1.14 bits per heavy atom. The molecule has 6 heteroatoms. The molecule has 0 radical (unpaired) electrons. The second-order valence-corrected chi connectivity index (χ2v) is 8.59. The first-order valence-electron chi connectivity index (χ1n) is 9.97. The Morgan fingerprint density at radius 2 is 1.93 bits per heavy atom. The third-order valence-corrected chi connectivity index (χ3v) is 6.56. The van der Waals surface area contributed by atoms with Crippen LogP contribution in [0.5, 0.6) is 0 Å². The van der Waals surface area contributed by atoms with Gasteiger partial charge >= 0.3 is 0 Å². The highest BCUT2D eigenvalue weighted by Gasteiger charge is 2.49. The molecule has 4 rings (SSSR count). The molecular formula is C22H26BrN3O2. The Balaban J connectivity index is 1.52. The first-order valence-corrected chi connectivity index (χ1v) is 10.8. The minimum Gasteiger partial charge on any atom is -0.395 e. The average molecular weight is 444 g/mol. The van der Waals surface area contributed by atoms with Crippen LogP contribution in [0, 0.1) is 0 Å². The van der Waals surface area contributed by atoms with Crippen molar-refractivity contribution in [3.8, 4) is 0 Å². The predicted octanol–water partition coefficient (Wildman–Crippen LogP) is 2.84. The van der Waals surface area contributed by atoms with E-state index < -0.39 is 0 Å². The lowest BCUT2D eigenvalue weighted by atomic mass is 9.74. The summed E-state index contributed by atoms with van der Waals surface area (Å²) in [6.45, 7) is 2.65. The topological polar surface area (TPSA) is 56.7 Å². The maximum absolute atomic E-state index is 13.0. The number of carbonyl (C=O) groups excluding carboxylic acids is 1. The van der Waals surface area contributed by atoms with Gasteiger partial charge in [0.2, 0.25) is 5.91 Å². The van der Waals surface area contributed by atoms with E-state index in [1.165, 1.54) is 5.56 Å². The Morgan fingerprint density at radius 3 is 2.64 bits per heavy atom. The van der Waals surface area contributed by atoms with Crippen LogP contribution in [0.1, 0.15) is 30.0 Å². The number of amides is 1. The summed E-state index contributed by atoms with van der Waals surface area (Å²) in [6.07, 6.45) is 4.13. The molecule has 3 heterocycles. The highest BCUT2D eigenvalue weighted by Crippen LogP contribution is 2.42. The van der Waals surface area contributed by atoms with E-state index in [9.17, 15) is 9.90 Å². The predicted molar refractivity (Wildman–Crippen MR) is 112 cm³/mol. The average Bonchev–Trinajstić information content (AvgIpc) is 2.69. The zero-order valence-electron chi connectivity index (χ0n) is 15.9. The van der Waals surface area contributed by atoms with Crippen molar-refractivity contribution in [1.29, 1.82) is 0 Å². The Bertz CT molecular complexity index is 799. The molecule has 2 saturated heterocycles. The third kappa shape index (κ3) is 4.00. The molecule has 1 amide bonds. The van der Waals surface area contributed by atoms with Crippen molar-refractivity contribution in [1.82, 2.24) is 14.8 Å². The van der Waals surface area contributed by atoms with Crippen molar-refractivity contribution in [3.05, 3.63) is 64.4 Å². The SMILES string of the molecule is O=C(Cc1ccccn1)N1CCCCN2[C@H](CO)[C@H](c3ccc(Br)cc3)[C@@H]2C1. The number of fused-ring (bicyclic) bond motifs is 1. The number of halogens is 1. The van der Waals surface area contributed by atoms with Crippen LogP contribution in [-0.2, 0) is 11.2 Å². The third-order valence-electron chi connectivity index (χ3n) is 6.04. The Labute approximate surface area is 174 Å². The Hall–Kier alpha value is -1.76. The van der Waals surface area contributed by atoms with Gasteiger partial charge in [0, 0.05) is 47.5 Å². The lowest BCUT2D eigenvalue weighted by Gasteiger charge is -2.57. The maximum atomic E-state index is 13.0. The molecule has 2 fully saturated rings. The van der Waals surface area contributed by atoms with Crippen molar-refractivity contribution in [2.75, 3.05) is 26.2 Å². The summed E-state index contributed by atoms with van der Waals surface area (Å²) in [5, 5.41) is 10.0. The number of carbonyl (C=O) groups is 1. The van der Waals surface area contributed by atoms with Crippen LogP contribution in [0.3, 0.4) is 0 Å². The van der Waals surface area contributed by atoms with Gasteiger partial charge in [0.05, 0.1) is 13.0 Å². The van der Waals surface area contributed by atoms with E-state index in [0.29, 0.717) is 13.0 Å². The summed E-state index contributed by atoms with van der Waals surface area (Å²) >= 11 is 3.50. The highest BCUT2D eigenvalue weighted by atomic mass is 79.9. The number of aliphatic hydroxyl groups is 1. The fourth-order valence-corrected chi connectivity index (χ4v) is 4.89. The van der Waals surface area contributed by atoms with Gasteiger partial charge in [-0.3, -0.25) is 14.7 Å². The molecule has 148 valence electrons. The highest BCUT2D eigenvalue weighted by molar-refractivity contribution is 9.10. The zero-order chi connectivity index (χ0) is 19.5. The fourth-order valence-electron chi connectivity index (χ4n) is 4.62. The quantitative estimate of drug-likeness (QED) is 0.788. The van der Waals surface area contributed by atoms with Gasteiger partial charge in [-0.1, -0.05) is 34.1 Å². The summed E-state index contributed by atoms with van der Waals surface area (Å²) in [4.78, 5) is 21.7. The van der Waals surface area contributed by atoms with Gasteiger partial charge < -0.3 is 10.0 Å². The summed E-state index contributed by atoms with van der Waals surface area (Å²) in [5.41, 5.74) is 2.05. The summed E-state index contributed by atoms with van der Waals surface area (Å²) in [6, 6.07) is 14.5. The molecule has 1 N–H and O–H groups in total. The van der Waals surface area contributed by atoms with Crippen LogP contribution in [0.25, 0.3) is 0 Å². The summed E-state index contributed by atoms with van der Waals surface area (Å²) < 4.78 is 1.05. The molecule has 0 aliphatic carbocycles. The largest absolute Gasteiger partial charge is 0.395 e. The van der Waals surface area contributed by atoms with Crippen molar-refractivity contribution in [3.63, 3.8) is 0 Å². The van der Waals surface area contributed by atoms with Crippen LogP contribution < -0.4 is 0 Å². The first kappa shape index (κ1) is 19.6. The lowest BCUT2D eigenvalue weighted by Crippen LogP contribution is -2.68. The van der Waals surface area contributed by atoms with Crippen LogP contribution in [-0.4, -0.2) is 64.1 Å². The second-order valence-electron chi connectivity index (χ2n) is 7.68. The molecular weight excluding hydrogens is 418 g/mol.